The highest BCUT2D eigenvalue weighted by Gasteiger charge is 2.21. The molecule has 1 saturated carbocycles. The van der Waals surface area contributed by atoms with Crippen LogP contribution >= 0.6 is 0 Å². The third kappa shape index (κ3) is 3.12. The monoisotopic (exact) mass is 284 g/mol. The summed E-state index contributed by atoms with van der Waals surface area (Å²) in [6, 6.07) is 10.7. The molecule has 1 aliphatic carbocycles. The van der Waals surface area contributed by atoms with Crippen LogP contribution in [0, 0.1) is 12.8 Å². The van der Waals surface area contributed by atoms with Gasteiger partial charge in [-0.05, 0) is 43.7 Å². The van der Waals surface area contributed by atoms with Crippen molar-refractivity contribution < 1.29 is 4.79 Å². The summed E-state index contributed by atoms with van der Waals surface area (Å²) >= 11 is 0. The maximum atomic E-state index is 12.0. The first-order chi connectivity index (χ1) is 10.3. The normalized spacial score (nSPS) is 15.7. The summed E-state index contributed by atoms with van der Waals surface area (Å²) < 4.78 is 2.34. The number of amides is 1. The summed E-state index contributed by atoms with van der Waals surface area (Å²) in [6.45, 7) is 3.89. The number of aromatic nitrogens is 1. The number of hydrogen-bond donors (Lipinski definition) is 1. The lowest BCUT2D eigenvalue weighted by Gasteiger charge is -2.12. The number of benzene rings is 1. The van der Waals surface area contributed by atoms with E-state index in [1.54, 1.807) is 0 Å². The summed E-state index contributed by atoms with van der Waals surface area (Å²) in [5.74, 6) is 0.542. The molecule has 0 saturated heterocycles. The molecule has 0 unspecified atom stereocenters. The van der Waals surface area contributed by atoms with Gasteiger partial charge in [-0.25, -0.2) is 0 Å². The Bertz CT molecular complexity index is 623. The molecule has 3 rings (SSSR count). The smallest absolute Gasteiger partial charge is 0.223 e. The van der Waals surface area contributed by atoms with E-state index >= 15 is 0 Å². The molecule has 3 nitrogen and oxygen atoms in total. The van der Waals surface area contributed by atoms with Crippen LogP contribution in [0.3, 0.4) is 0 Å². The lowest BCUT2D eigenvalue weighted by molar-refractivity contribution is -0.124. The van der Waals surface area contributed by atoms with Crippen molar-refractivity contribution in [3.8, 4) is 0 Å². The zero-order valence-corrected chi connectivity index (χ0v) is 12.8. The van der Waals surface area contributed by atoms with Crippen molar-refractivity contribution in [1.29, 1.82) is 0 Å². The number of fused-ring (bicyclic) bond motifs is 1. The molecule has 3 heteroatoms. The molecule has 1 aromatic carbocycles. The average Bonchev–Trinajstić information content (AvgIpc) is 3.11. The minimum atomic E-state index is 0.265. The van der Waals surface area contributed by atoms with Crippen LogP contribution in [0.25, 0.3) is 10.9 Å². The van der Waals surface area contributed by atoms with Gasteiger partial charge < -0.3 is 9.88 Å². The molecule has 1 aromatic heterocycles. The van der Waals surface area contributed by atoms with Crippen LogP contribution in [0.2, 0.25) is 0 Å². The van der Waals surface area contributed by atoms with Crippen molar-refractivity contribution in [2.24, 2.45) is 5.92 Å². The highest BCUT2D eigenvalue weighted by molar-refractivity contribution is 5.81. The van der Waals surface area contributed by atoms with Crippen LogP contribution in [-0.2, 0) is 11.3 Å². The standard InChI is InChI=1S/C18H24N2O/c1-14-13-16-9-4-5-10-17(16)20(14)12-6-11-19-18(21)15-7-2-3-8-15/h4-5,9-10,13,15H,2-3,6-8,11-12H2,1H3,(H,19,21). The third-order valence-electron chi connectivity index (χ3n) is 4.60. The maximum Gasteiger partial charge on any atom is 0.223 e. The Balaban J connectivity index is 1.52. The van der Waals surface area contributed by atoms with E-state index in [4.69, 9.17) is 0 Å². The Morgan fingerprint density at radius 2 is 2.05 bits per heavy atom. The van der Waals surface area contributed by atoms with Gasteiger partial charge in [-0.1, -0.05) is 31.0 Å². The van der Waals surface area contributed by atoms with Gasteiger partial charge in [-0.2, -0.15) is 0 Å². The van der Waals surface area contributed by atoms with Gasteiger partial charge in [0.1, 0.15) is 0 Å². The predicted molar refractivity (Wildman–Crippen MR) is 86.3 cm³/mol. The van der Waals surface area contributed by atoms with Crippen molar-refractivity contribution in [2.45, 2.75) is 45.6 Å². The first-order valence-electron chi connectivity index (χ1n) is 8.08. The lowest BCUT2D eigenvalue weighted by Crippen LogP contribution is -2.30. The number of nitrogens with zero attached hydrogens (tertiary/aromatic N) is 1. The quantitative estimate of drug-likeness (QED) is 0.836. The van der Waals surface area contributed by atoms with Crippen LogP contribution in [0.1, 0.15) is 37.8 Å². The Labute approximate surface area is 126 Å². The zero-order valence-electron chi connectivity index (χ0n) is 12.8. The number of rotatable bonds is 5. The van der Waals surface area contributed by atoms with Gasteiger partial charge in [-0.3, -0.25) is 4.79 Å². The summed E-state index contributed by atoms with van der Waals surface area (Å²) in [6.07, 6.45) is 5.57. The molecular weight excluding hydrogens is 260 g/mol. The SMILES string of the molecule is Cc1cc2ccccc2n1CCCNC(=O)C1CCCC1. The molecule has 21 heavy (non-hydrogen) atoms. The van der Waals surface area contributed by atoms with Crippen molar-refractivity contribution in [3.05, 3.63) is 36.0 Å². The Morgan fingerprint density at radius 1 is 1.29 bits per heavy atom. The van der Waals surface area contributed by atoms with E-state index in [0.717, 1.165) is 32.4 Å². The van der Waals surface area contributed by atoms with Crippen LogP contribution < -0.4 is 5.32 Å². The average molecular weight is 284 g/mol. The van der Waals surface area contributed by atoms with Gasteiger partial charge in [0, 0.05) is 30.2 Å². The van der Waals surface area contributed by atoms with Crippen molar-refractivity contribution in [2.75, 3.05) is 6.54 Å². The van der Waals surface area contributed by atoms with Crippen LogP contribution in [0.4, 0.5) is 0 Å². The second-order valence-corrected chi connectivity index (χ2v) is 6.12. The molecule has 1 fully saturated rings. The molecule has 1 amide bonds. The number of hydrogen-bond acceptors (Lipinski definition) is 1. The molecule has 112 valence electrons. The number of nitrogens with one attached hydrogen (secondary N) is 1. The fourth-order valence-electron chi connectivity index (χ4n) is 3.43. The van der Waals surface area contributed by atoms with Gasteiger partial charge in [0.15, 0.2) is 0 Å². The van der Waals surface area contributed by atoms with E-state index in [1.165, 1.54) is 29.4 Å². The molecule has 1 N–H and O–H groups in total. The first-order valence-corrected chi connectivity index (χ1v) is 8.08. The Kier molecular flexibility index (Phi) is 4.28. The van der Waals surface area contributed by atoms with E-state index in [-0.39, 0.29) is 11.8 Å². The minimum Gasteiger partial charge on any atom is -0.356 e. The largest absolute Gasteiger partial charge is 0.356 e. The van der Waals surface area contributed by atoms with Crippen molar-refractivity contribution in [3.63, 3.8) is 0 Å². The van der Waals surface area contributed by atoms with Gasteiger partial charge in [0.2, 0.25) is 5.91 Å². The molecule has 0 spiro atoms. The van der Waals surface area contributed by atoms with E-state index < -0.39 is 0 Å². The Morgan fingerprint density at radius 3 is 2.86 bits per heavy atom. The number of para-hydroxylation sites is 1. The van der Waals surface area contributed by atoms with Crippen LogP contribution in [0.5, 0.6) is 0 Å². The van der Waals surface area contributed by atoms with Gasteiger partial charge >= 0.3 is 0 Å². The zero-order chi connectivity index (χ0) is 14.7. The predicted octanol–water partition coefficient (Wildman–Crippen LogP) is 3.65. The molecule has 1 heterocycles. The number of carbonyl (C=O) groups is 1. The molecule has 1 aliphatic rings. The van der Waals surface area contributed by atoms with Crippen LogP contribution in [-0.4, -0.2) is 17.0 Å². The summed E-state index contributed by atoms with van der Waals surface area (Å²) in [5.41, 5.74) is 2.58. The fraction of sp³-hybridized carbons (Fsp3) is 0.500. The molecule has 0 bridgehead atoms. The second-order valence-electron chi connectivity index (χ2n) is 6.12. The molecule has 2 aromatic rings. The third-order valence-corrected chi connectivity index (χ3v) is 4.60. The van der Waals surface area contributed by atoms with Gasteiger partial charge in [0.05, 0.1) is 0 Å². The van der Waals surface area contributed by atoms with Crippen molar-refractivity contribution in [1.82, 2.24) is 9.88 Å². The lowest BCUT2D eigenvalue weighted by atomic mass is 10.1. The highest BCUT2D eigenvalue weighted by atomic mass is 16.1. The molecular formula is C18H24N2O. The number of aryl methyl sites for hydroxylation is 2. The molecule has 0 atom stereocenters. The van der Waals surface area contributed by atoms with E-state index in [9.17, 15) is 4.79 Å². The molecule has 0 aliphatic heterocycles. The van der Waals surface area contributed by atoms with Crippen LogP contribution in [0.15, 0.2) is 30.3 Å². The van der Waals surface area contributed by atoms with Gasteiger partial charge in [-0.15, -0.1) is 0 Å². The minimum absolute atomic E-state index is 0.265. The first kappa shape index (κ1) is 14.2. The van der Waals surface area contributed by atoms with Crippen molar-refractivity contribution >= 4 is 16.8 Å². The van der Waals surface area contributed by atoms with E-state index in [2.05, 4.69) is 47.1 Å². The maximum absolute atomic E-state index is 12.0. The topological polar surface area (TPSA) is 34.0 Å². The second kappa shape index (κ2) is 6.33. The highest BCUT2D eigenvalue weighted by Crippen LogP contribution is 2.24. The van der Waals surface area contributed by atoms with E-state index in [1.807, 2.05) is 0 Å². The Hall–Kier alpha value is -1.77. The number of carbonyl (C=O) groups excluding carboxylic acids is 1. The summed E-state index contributed by atoms with van der Waals surface area (Å²) in [4.78, 5) is 12.0. The van der Waals surface area contributed by atoms with E-state index in [0.29, 0.717) is 0 Å². The summed E-state index contributed by atoms with van der Waals surface area (Å²) in [5, 5.41) is 4.40. The fourth-order valence-corrected chi connectivity index (χ4v) is 3.43. The molecule has 0 radical (unpaired) electrons. The summed E-state index contributed by atoms with van der Waals surface area (Å²) in [7, 11) is 0. The van der Waals surface area contributed by atoms with Gasteiger partial charge in [0.25, 0.3) is 0 Å².